The van der Waals surface area contributed by atoms with E-state index in [1.165, 1.54) is 30.5 Å². The van der Waals surface area contributed by atoms with Crippen LogP contribution in [-0.4, -0.2) is 26.7 Å². The highest BCUT2D eigenvalue weighted by atomic mass is 79.9. The summed E-state index contributed by atoms with van der Waals surface area (Å²) in [5.74, 6) is -0.696. The van der Waals surface area contributed by atoms with E-state index in [4.69, 9.17) is 0 Å². The van der Waals surface area contributed by atoms with E-state index in [0.717, 1.165) is 22.5 Å². The van der Waals surface area contributed by atoms with Gasteiger partial charge in [-0.05, 0) is 50.6 Å². The molecular weight excluding hydrogens is 452 g/mol. The van der Waals surface area contributed by atoms with E-state index in [0.29, 0.717) is 10.2 Å². The molecule has 0 atom stereocenters. The highest BCUT2D eigenvalue weighted by Crippen LogP contribution is 2.26. The number of aryl methyl sites for hydroxylation is 2. The number of halogens is 1. The Morgan fingerprint density at radius 1 is 1.20 bits per heavy atom. The van der Waals surface area contributed by atoms with Gasteiger partial charge in [-0.25, -0.2) is 5.43 Å². The Kier molecular flexibility index (Phi) is 6.02. The molecule has 30 heavy (non-hydrogen) atoms. The van der Waals surface area contributed by atoms with Gasteiger partial charge in [-0.2, -0.15) is 5.10 Å². The van der Waals surface area contributed by atoms with Gasteiger partial charge in [0.15, 0.2) is 0 Å². The van der Waals surface area contributed by atoms with Crippen LogP contribution in [-0.2, 0) is 0 Å². The van der Waals surface area contributed by atoms with Crippen LogP contribution in [0.5, 0.6) is 5.75 Å². The van der Waals surface area contributed by atoms with E-state index in [2.05, 4.69) is 26.5 Å². The van der Waals surface area contributed by atoms with Gasteiger partial charge < -0.3 is 9.67 Å². The second kappa shape index (κ2) is 8.50. The van der Waals surface area contributed by atoms with Gasteiger partial charge in [0.25, 0.3) is 11.6 Å². The first-order valence-electron chi connectivity index (χ1n) is 8.95. The quantitative estimate of drug-likeness (QED) is 0.323. The number of hydrogen-bond donors (Lipinski definition) is 2. The number of nitro benzene ring substituents is 1. The number of phenols is 1. The Bertz CT molecular complexity index is 1180. The maximum Gasteiger partial charge on any atom is 0.275 e. The number of non-ortho nitro benzene ring substituents is 1. The number of hydrazone groups is 1. The molecule has 3 rings (SSSR count). The molecule has 0 radical (unpaired) electrons. The predicted octanol–water partition coefficient (Wildman–Crippen LogP) is 4.54. The van der Waals surface area contributed by atoms with Crippen LogP contribution in [0.3, 0.4) is 0 Å². The molecule has 0 aliphatic carbocycles. The van der Waals surface area contributed by atoms with E-state index in [1.807, 2.05) is 31.4 Å². The van der Waals surface area contributed by atoms with Crippen molar-refractivity contribution in [2.45, 2.75) is 20.8 Å². The van der Waals surface area contributed by atoms with Crippen LogP contribution in [0.1, 0.15) is 32.9 Å². The molecule has 2 aromatic carbocycles. The van der Waals surface area contributed by atoms with Crippen molar-refractivity contribution in [3.8, 4) is 11.4 Å². The van der Waals surface area contributed by atoms with Crippen LogP contribution in [0.25, 0.3) is 5.69 Å². The van der Waals surface area contributed by atoms with Gasteiger partial charge in [0, 0.05) is 33.6 Å². The molecule has 0 spiro atoms. The fraction of sp³-hybridized carbons (Fsp3) is 0.143. The summed E-state index contributed by atoms with van der Waals surface area (Å²) >= 11 is 3.26. The average molecular weight is 471 g/mol. The lowest BCUT2D eigenvalue weighted by Crippen LogP contribution is -2.17. The molecule has 154 valence electrons. The maximum atomic E-state index is 12.3. The standard InChI is InChI=1S/C21H19BrN4O4/c1-12-4-6-17(26(29)30)10-19(12)25-13(2)8-15(14(25)3)11-23-24-21(28)18-9-16(22)5-7-20(18)27/h4-11,27H,1-3H3,(H,24,28)/b23-11-. The van der Waals surface area contributed by atoms with Crippen molar-refractivity contribution in [2.24, 2.45) is 5.10 Å². The molecule has 0 bridgehead atoms. The zero-order valence-corrected chi connectivity index (χ0v) is 18.1. The van der Waals surface area contributed by atoms with Crippen LogP contribution in [0.2, 0.25) is 0 Å². The first kappa shape index (κ1) is 21.3. The molecule has 0 aliphatic heterocycles. The normalized spacial score (nSPS) is 11.1. The third-order valence-electron chi connectivity index (χ3n) is 4.69. The number of phenolic OH excluding ortho intramolecular Hbond substituents is 1. The highest BCUT2D eigenvalue weighted by molar-refractivity contribution is 9.10. The average Bonchev–Trinajstić information content (AvgIpc) is 2.97. The van der Waals surface area contributed by atoms with Crippen molar-refractivity contribution in [3.05, 3.63) is 85.1 Å². The van der Waals surface area contributed by atoms with E-state index in [1.54, 1.807) is 12.1 Å². The Hall–Kier alpha value is -3.46. The van der Waals surface area contributed by atoms with Gasteiger partial charge in [0.2, 0.25) is 0 Å². The van der Waals surface area contributed by atoms with Gasteiger partial charge in [-0.1, -0.05) is 22.0 Å². The third kappa shape index (κ3) is 4.25. The van der Waals surface area contributed by atoms with Crippen molar-refractivity contribution in [2.75, 3.05) is 0 Å². The SMILES string of the molecule is Cc1ccc([N+](=O)[O-])cc1-n1c(C)cc(/C=N\NC(=O)c2cc(Br)ccc2O)c1C. The van der Waals surface area contributed by atoms with Gasteiger partial charge in [-0.15, -0.1) is 0 Å². The Morgan fingerprint density at radius 2 is 1.93 bits per heavy atom. The zero-order chi connectivity index (χ0) is 22.0. The summed E-state index contributed by atoms with van der Waals surface area (Å²) in [5.41, 5.74) is 6.55. The number of nitrogens with one attached hydrogen (secondary N) is 1. The Morgan fingerprint density at radius 3 is 2.63 bits per heavy atom. The minimum absolute atomic E-state index is 0.0133. The number of nitrogens with zero attached hydrogens (tertiary/aromatic N) is 3. The van der Waals surface area contributed by atoms with Crippen molar-refractivity contribution < 1.29 is 14.8 Å². The number of nitro groups is 1. The molecular formula is C21H19BrN4O4. The largest absolute Gasteiger partial charge is 0.507 e. The van der Waals surface area contributed by atoms with Crippen LogP contribution >= 0.6 is 15.9 Å². The fourth-order valence-corrected chi connectivity index (χ4v) is 3.51. The lowest BCUT2D eigenvalue weighted by atomic mass is 10.1. The molecule has 0 saturated carbocycles. The second-order valence-electron chi connectivity index (χ2n) is 6.75. The van der Waals surface area contributed by atoms with Crippen molar-refractivity contribution in [1.82, 2.24) is 9.99 Å². The number of rotatable bonds is 5. The van der Waals surface area contributed by atoms with Crippen LogP contribution < -0.4 is 5.43 Å². The van der Waals surface area contributed by atoms with E-state index >= 15 is 0 Å². The molecule has 3 aromatic rings. The van der Waals surface area contributed by atoms with E-state index < -0.39 is 10.8 Å². The number of carbonyl (C=O) groups excluding carboxylic acids is 1. The zero-order valence-electron chi connectivity index (χ0n) is 16.5. The lowest BCUT2D eigenvalue weighted by molar-refractivity contribution is -0.384. The molecule has 1 aromatic heterocycles. The van der Waals surface area contributed by atoms with E-state index in [9.17, 15) is 20.0 Å². The summed E-state index contributed by atoms with van der Waals surface area (Å²) in [6.07, 6.45) is 1.50. The van der Waals surface area contributed by atoms with E-state index in [-0.39, 0.29) is 17.0 Å². The van der Waals surface area contributed by atoms with Crippen LogP contribution in [0.15, 0.2) is 52.0 Å². The molecule has 8 nitrogen and oxygen atoms in total. The molecule has 1 amide bonds. The minimum Gasteiger partial charge on any atom is -0.507 e. The molecule has 2 N–H and O–H groups in total. The topological polar surface area (TPSA) is 110 Å². The molecule has 0 aliphatic rings. The first-order chi connectivity index (χ1) is 14.2. The molecule has 1 heterocycles. The van der Waals surface area contributed by atoms with Gasteiger partial charge in [-0.3, -0.25) is 14.9 Å². The number of aromatic nitrogens is 1. The number of amides is 1. The van der Waals surface area contributed by atoms with Crippen molar-refractivity contribution >= 4 is 33.7 Å². The number of benzene rings is 2. The smallest absolute Gasteiger partial charge is 0.275 e. The second-order valence-corrected chi connectivity index (χ2v) is 7.67. The summed E-state index contributed by atoms with van der Waals surface area (Å²) < 4.78 is 2.57. The van der Waals surface area contributed by atoms with Crippen molar-refractivity contribution in [1.29, 1.82) is 0 Å². The minimum atomic E-state index is -0.548. The molecule has 9 heteroatoms. The predicted molar refractivity (Wildman–Crippen MR) is 118 cm³/mol. The Labute approximate surface area is 181 Å². The summed E-state index contributed by atoms with van der Waals surface area (Å²) in [4.78, 5) is 23.0. The van der Waals surface area contributed by atoms with Crippen LogP contribution in [0, 0.1) is 30.9 Å². The molecule has 0 saturated heterocycles. The van der Waals surface area contributed by atoms with Gasteiger partial charge >= 0.3 is 0 Å². The summed E-state index contributed by atoms with van der Waals surface area (Å²) in [7, 11) is 0. The molecule has 0 fully saturated rings. The highest BCUT2D eigenvalue weighted by Gasteiger charge is 2.15. The lowest BCUT2D eigenvalue weighted by Gasteiger charge is -2.12. The number of hydrogen-bond acceptors (Lipinski definition) is 5. The first-order valence-corrected chi connectivity index (χ1v) is 9.74. The van der Waals surface area contributed by atoms with Crippen LogP contribution in [0.4, 0.5) is 5.69 Å². The molecule has 0 unspecified atom stereocenters. The number of carbonyl (C=O) groups is 1. The Balaban J connectivity index is 1.88. The maximum absolute atomic E-state index is 12.3. The summed E-state index contributed by atoms with van der Waals surface area (Å²) in [6.45, 7) is 5.64. The van der Waals surface area contributed by atoms with Gasteiger partial charge in [0.05, 0.1) is 22.4 Å². The summed E-state index contributed by atoms with van der Waals surface area (Å²) in [6, 6.07) is 11.1. The number of aromatic hydroxyl groups is 1. The summed E-state index contributed by atoms with van der Waals surface area (Å²) in [5, 5.41) is 25.0. The van der Waals surface area contributed by atoms with Gasteiger partial charge in [0.1, 0.15) is 5.75 Å². The fourth-order valence-electron chi connectivity index (χ4n) is 3.15. The van der Waals surface area contributed by atoms with Crippen molar-refractivity contribution in [3.63, 3.8) is 0 Å². The third-order valence-corrected chi connectivity index (χ3v) is 5.18. The monoisotopic (exact) mass is 470 g/mol.